The van der Waals surface area contributed by atoms with Gasteiger partial charge in [0.1, 0.15) is 5.69 Å². The number of pyridine rings is 1. The Morgan fingerprint density at radius 2 is 1.62 bits per heavy atom. The molecule has 4 aromatic rings. The molecule has 0 atom stereocenters. The van der Waals surface area contributed by atoms with Crippen molar-refractivity contribution in [3.05, 3.63) is 72.1 Å². The minimum Gasteiger partial charge on any atom is -0.493 e. The first-order valence-electron chi connectivity index (χ1n) is 9.04. The van der Waals surface area contributed by atoms with Crippen molar-refractivity contribution in [3.63, 3.8) is 0 Å². The molecule has 0 bridgehead atoms. The molecule has 0 spiro atoms. The second-order valence-electron chi connectivity index (χ2n) is 6.40. The molecule has 0 aliphatic rings. The van der Waals surface area contributed by atoms with E-state index in [-0.39, 0.29) is 5.78 Å². The SMILES string of the molecule is COc1cc(C(=O)c2cccc(-c3c[nH]c4ccccc34)n2)cc(OC)c1OC. The number of ketones is 1. The third-order valence-corrected chi connectivity index (χ3v) is 4.77. The van der Waals surface area contributed by atoms with Gasteiger partial charge in [0.15, 0.2) is 11.5 Å². The third kappa shape index (κ3) is 3.29. The number of H-pyrrole nitrogens is 1. The van der Waals surface area contributed by atoms with Gasteiger partial charge in [-0.05, 0) is 30.3 Å². The smallest absolute Gasteiger partial charge is 0.211 e. The van der Waals surface area contributed by atoms with E-state index in [1.807, 2.05) is 42.6 Å². The minimum absolute atomic E-state index is 0.231. The molecule has 0 saturated carbocycles. The number of hydrogen-bond acceptors (Lipinski definition) is 5. The van der Waals surface area contributed by atoms with Crippen molar-refractivity contribution in [3.8, 4) is 28.5 Å². The Labute approximate surface area is 168 Å². The van der Waals surface area contributed by atoms with Crippen LogP contribution in [0.5, 0.6) is 17.2 Å². The molecule has 0 amide bonds. The van der Waals surface area contributed by atoms with Gasteiger partial charge in [-0.2, -0.15) is 0 Å². The number of nitrogens with zero attached hydrogens (tertiary/aromatic N) is 1. The molecule has 0 unspecified atom stereocenters. The molecular formula is C23H20N2O4. The highest BCUT2D eigenvalue weighted by molar-refractivity contribution is 6.09. The summed E-state index contributed by atoms with van der Waals surface area (Å²) in [5.41, 5.74) is 3.43. The van der Waals surface area contributed by atoms with Crippen LogP contribution < -0.4 is 14.2 Å². The maximum Gasteiger partial charge on any atom is 0.211 e. The predicted octanol–water partition coefficient (Wildman–Crippen LogP) is 4.49. The van der Waals surface area contributed by atoms with E-state index < -0.39 is 0 Å². The van der Waals surface area contributed by atoms with Crippen molar-refractivity contribution in [2.45, 2.75) is 0 Å². The largest absolute Gasteiger partial charge is 0.493 e. The van der Waals surface area contributed by atoms with Crippen LogP contribution in [0.2, 0.25) is 0 Å². The minimum atomic E-state index is -0.231. The molecule has 0 aliphatic carbocycles. The summed E-state index contributed by atoms with van der Waals surface area (Å²) < 4.78 is 16.0. The van der Waals surface area contributed by atoms with Gasteiger partial charge in [-0.15, -0.1) is 0 Å². The normalized spacial score (nSPS) is 10.7. The Hall–Kier alpha value is -3.80. The quantitative estimate of drug-likeness (QED) is 0.493. The second-order valence-corrected chi connectivity index (χ2v) is 6.40. The lowest BCUT2D eigenvalue weighted by molar-refractivity contribution is 0.103. The van der Waals surface area contributed by atoms with E-state index in [9.17, 15) is 4.79 Å². The third-order valence-electron chi connectivity index (χ3n) is 4.77. The van der Waals surface area contributed by atoms with E-state index in [1.54, 1.807) is 18.2 Å². The van der Waals surface area contributed by atoms with Crippen molar-refractivity contribution in [1.82, 2.24) is 9.97 Å². The molecule has 2 aromatic carbocycles. The van der Waals surface area contributed by atoms with Gasteiger partial charge in [0.05, 0.1) is 27.0 Å². The average Bonchev–Trinajstić information content (AvgIpc) is 3.21. The van der Waals surface area contributed by atoms with Crippen molar-refractivity contribution in [2.24, 2.45) is 0 Å². The fourth-order valence-corrected chi connectivity index (χ4v) is 3.35. The molecule has 0 radical (unpaired) electrons. The van der Waals surface area contributed by atoms with Crippen LogP contribution >= 0.6 is 0 Å². The number of hydrogen-bond donors (Lipinski definition) is 1. The van der Waals surface area contributed by atoms with Crippen LogP contribution in [-0.2, 0) is 0 Å². The topological polar surface area (TPSA) is 73.4 Å². The molecular weight excluding hydrogens is 368 g/mol. The maximum absolute atomic E-state index is 13.1. The van der Waals surface area contributed by atoms with Crippen LogP contribution in [0.1, 0.15) is 16.1 Å². The van der Waals surface area contributed by atoms with Gasteiger partial charge in [0.2, 0.25) is 11.5 Å². The zero-order chi connectivity index (χ0) is 20.4. The molecule has 6 nitrogen and oxygen atoms in total. The summed E-state index contributed by atoms with van der Waals surface area (Å²) in [5.74, 6) is 1.05. The summed E-state index contributed by atoms with van der Waals surface area (Å²) in [5, 5.41) is 1.05. The van der Waals surface area contributed by atoms with Gasteiger partial charge in [0, 0.05) is 28.2 Å². The number of aromatic amines is 1. The van der Waals surface area contributed by atoms with Crippen molar-refractivity contribution in [2.75, 3.05) is 21.3 Å². The zero-order valence-electron chi connectivity index (χ0n) is 16.4. The lowest BCUT2D eigenvalue weighted by atomic mass is 10.0. The molecule has 4 rings (SSSR count). The molecule has 2 aromatic heterocycles. The van der Waals surface area contributed by atoms with Crippen LogP contribution in [0, 0.1) is 0 Å². The van der Waals surface area contributed by atoms with E-state index >= 15 is 0 Å². The zero-order valence-corrected chi connectivity index (χ0v) is 16.4. The summed E-state index contributed by atoms with van der Waals surface area (Å²) in [7, 11) is 4.55. The fraction of sp³-hybridized carbons (Fsp3) is 0.130. The Kier molecular flexibility index (Phi) is 4.91. The lowest BCUT2D eigenvalue weighted by Crippen LogP contribution is -2.06. The lowest BCUT2D eigenvalue weighted by Gasteiger charge is -2.13. The van der Waals surface area contributed by atoms with Crippen molar-refractivity contribution >= 4 is 16.7 Å². The van der Waals surface area contributed by atoms with Gasteiger partial charge < -0.3 is 19.2 Å². The number of carbonyl (C=O) groups excluding carboxylic acids is 1. The molecule has 1 N–H and O–H groups in total. The second kappa shape index (κ2) is 7.67. The number of aromatic nitrogens is 2. The van der Waals surface area contributed by atoms with Gasteiger partial charge >= 0.3 is 0 Å². The molecule has 0 saturated heterocycles. The molecule has 146 valence electrons. The first kappa shape index (κ1) is 18.6. The maximum atomic E-state index is 13.1. The summed E-state index contributed by atoms with van der Waals surface area (Å²) in [6.07, 6.45) is 1.90. The Morgan fingerprint density at radius 1 is 0.897 bits per heavy atom. The van der Waals surface area contributed by atoms with Crippen LogP contribution in [0.25, 0.3) is 22.2 Å². The monoisotopic (exact) mass is 388 g/mol. The molecule has 0 aliphatic heterocycles. The summed E-state index contributed by atoms with van der Waals surface area (Å²) in [6, 6.07) is 16.7. The number of para-hydroxylation sites is 1. The van der Waals surface area contributed by atoms with Crippen LogP contribution in [-0.4, -0.2) is 37.1 Å². The van der Waals surface area contributed by atoms with E-state index in [0.717, 1.165) is 22.2 Å². The summed E-state index contributed by atoms with van der Waals surface area (Å²) in [4.78, 5) is 21.0. The molecule has 0 fully saturated rings. The van der Waals surface area contributed by atoms with Gasteiger partial charge in [-0.3, -0.25) is 4.79 Å². The highest BCUT2D eigenvalue weighted by atomic mass is 16.5. The van der Waals surface area contributed by atoms with E-state index in [0.29, 0.717) is 28.5 Å². The summed E-state index contributed by atoms with van der Waals surface area (Å²) >= 11 is 0. The first-order chi connectivity index (χ1) is 14.2. The number of methoxy groups -OCH3 is 3. The van der Waals surface area contributed by atoms with E-state index in [2.05, 4.69) is 9.97 Å². The van der Waals surface area contributed by atoms with E-state index in [1.165, 1.54) is 21.3 Å². The van der Waals surface area contributed by atoms with Crippen molar-refractivity contribution in [1.29, 1.82) is 0 Å². The van der Waals surface area contributed by atoms with Crippen LogP contribution in [0.3, 0.4) is 0 Å². The van der Waals surface area contributed by atoms with Gasteiger partial charge in [-0.25, -0.2) is 4.98 Å². The van der Waals surface area contributed by atoms with Crippen LogP contribution in [0.4, 0.5) is 0 Å². The molecule has 2 heterocycles. The van der Waals surface area contributed by atoms with Gasteiger partial charge in [-0.1, -0.05) is 24.3 Å². The number of benzene rings is 2. The number of carbonyl (C=O) groups is 1. The molecule has 6 heteroatoms. The molecule has 29 heavy (non-hydrogen) atoms. The standard InChI is InChI=1S/C23H20N2O4/c1-27-20-11-14(12-21(28-2)23(20)29-3)22(26)19-10-6-9-18(25-19)16-13-24-17-8-5-4-7-15(16)17/h4-13,24H,1-3H3. The number of fused-ring (bicyclic) bond motifs is 1. The fourth-order valence-electron chi connectivity index (χ4n) is 3.35. The summed E-state index contributed by atoms with van der Waals surface area (Å²) in [6.45, 7) is 0. The number of ether oxygens (including phenoxy) is 3. The number of rotatable bonds is 6. The van der Waals surface area contributed by atoms with Crippen LogP contribution in [0.15, 0.2) is 60.8 Å². The highest BCUT2D eigenvalue weighted by Gasteiger charge is 2.19. The average molecular weight is 388 g/mol. The Balaban J connectivity index is 1.76. The Morgan fingerprint density at radius 3 is 2.31 bits per heavy atom. The number of nitrogens with one attached hydrogen (secondary N) is 1. The highest BCUT2D eigenvalue weighted by Crippen LogP contribution is 2.38. The van der Waals surface area contributed by atoms with Crippen molar-refractivity contribution < 1.29 is 19.0 Å². The Bertz CT molecular complexity index is 1170. The first-order valence-corrected chi connectivity index (χ1v) is 9.04. The predicted molar refractivity (Wildman–Crippen MR) is 111 cm³/mol. The van der Waals surface area contributed by atoms with E-state index in [4.69, 9.17) is 14.2 Å². The van der Waals surface area contributed by atoms with Gasteiger partial charge in [0.25, 0.3) is 0 Å².